The number of carbonyl (C=O) groups is 1. The summed E-state index contributed by atoms with van der Waals surface area (Å²) in [5.41, 5.74) is 2.37. The fourth-order valence-electron chi connectivity index (χ4n) is 6.06. The number of hydrogen-bond donors (Lipinski definition) is 1. The van der Waals surface area contributed by atoms with Gasteiger partial charge < -0.3 is 10.0 Å². The minimum absolute atomic E-state index is 0.0221. The van der Waals surface area contributed by atoms with Gasteiger partial charge in [0.25, 0.3) is 12.0 Å². The Bertz CT molecular complexity index is 1710. The quantitative estimate of drug-likeness (QED) is 0.311. The van der Waals surface area contributed by atoms with Crippen molar-refractivity contribution in [1.29, 1.82) is 0 Å². The number of hydrogen-bond acceptors (Lipinski definition) is 6. The van der Waals surface area contributed by atoms with E-state index >= 15 is 0 Å². The highest BCUT2D eigenvalue weighted by Gasteiger charge is 2.36. The summed E-state index contributed by atoms with van der Waals surface area (Å²) in [4.78, 5) is 33.0. The molecule has 3 aromatic heterocycles. The smallest absolute Gasteiger partial charge is 0.262 e. The molecule has 222 valence electrons. The van der Waals surface area contributed by atoms with Crippen molar-refractivity contribution in [3.63, 3.8) is 0 Å². The number of amides is 1. The van der Waals surface area contributed by atoms with Gasteiger partial charge in [0.2, 0.25) is 11.9 Å². The largest absolute Gasteiger partial charge is 0.388 e. The van der Waals surface area contributed by atoms with E-state index in [4.69, 9.17) is 11.6 Å². The highest BCUT2D eigenvalue weighted by molar-refractivity contribution is 7.15. The molecule has 4 aromatic rings. The van der Waals surface area contributed by atoms with E-state index < -0.39 is 36.3 Å². The van der Waals surface area contributed by atoms with Gasteiger partial charge in [0, 0.05) is 41.3 Å². The van der Waals surface area contributed by atoms with Crippen molar-refractivity contribution < 1.29 is 23.1 Å². The number of fused-ring (bicyclic) bond motifs is 2. The first kappa shape index (κ1) is 28.9. The maximum atomic E-state index is 13.6. The highest BCUT2D eigenvalue weighted by atomic mass is 35.5. The molecule has 42 heavy (non-hydrogen) atoms. The van der Waals surface area contributed by atoms with Gasteiger partial charge in [0.1, 0.15) is 6.04 Å². The number of likely N-dealkylation sites (tertiary alicyclic amines) is 1. The molecule has 0 radical (unpaired) electrons. The molecule has 1 saturated heterocycles. The minimum Gasteiger partial charge on any atom is -0.388 e. The first-order chi connectivity index (χ1) is 20.0. The zero-order valence-electron chi connectivity index (χ0n) is 22.8. The van der Waals surface area contributed by atoms with Crippen LogP contribution in [0.1, 0.15) is 43.4 Å². The summed E-state index contributed by atoms with van der Waals surface area (Å²) in [6.45, 7) is 2.44. The summed E-state index contributed by atoms with van der Waals surface area (Å²) in [7, 11) is 0. The van der Waals surface area contributed by atoms with Crippen LogP contribution in [0.25, 0.3) is 21.3 Å². The van der Waals surface area contributed by atoms with Gasteiger partial charge in [-0.25, -0.2) is 13.8 Å². The fourth-order valence-corrected chi connectivity index (χ4v) is 7.41. The van der Waals surface area contributed by atoms with E-state index in [9.17, 15) is 27.9 Å². The maximum Gasteiger partial charge on any atom is 0.262 e. The lowest BCUT2D eigenvalue weighted by Gasteiger charge is -2.38. The predicted octanol–water partition coefficient (Wildman–Crippen LogP) is 5.10. The number of nitrogens with zero attached hydrogens (tertiary/aromatic N) is 5. The molecule has 4 heterocycles. The molecular weight excluding hydrogens is 591 g/mol. The molecule has 2 atom stereocenters. The van der Waals surface area contributed by atoms with Crippen molar-refractivity contribution in [3.05, 3.63) is 68.6 Å². The van der Waals surface area contributed by atoms with Crippen LogP contribution in [-0.2, 0) is 24.2 Å². The van der Waals surface area contributed by atoms with E-state index in [-0.39, 0.29) is 38.0 Å². The van der Waals surface area contributed by atoms with Crippen LogP contribution in [0.4, 0.5) is 13.2 Å². The molecular formula is C29H29ClF3N5O3S. The van der Waals surface area contributed by atoms with Gasteiger partial charge in [0.05, 0.1) is 40.7 Å². The summed E-state index contributed by atoms with van der Waals surface area (Å²) >= 11 is 8.06. The maximum absolute atomic E-state index is 13.6. The van der Waals surface area contributed by atoms with Gasteiger partial charge in [-0.05, 0) is 54.9 Å². The number of rotatable bonds is 7. The van der Waals surface area contributed by atoms with Crippen LogP contribution >= 0.6 is 22.9 Å². The SMILES string of the molecule is CC1Cc2cc(Cl)c(-c3scc4c(=O)n(CC5(O)CCN(C(=O)CC(C(F)F)n6ccc(F)n6)CC5)cnc34)cc2C1. The third-order valence-electron chi connectivity index (χ3n) is 8.35. The lowest BCUT2D eigenvalue weighted by atomic mass is 9.91. The van der Waals surface area contributed by atoms with E-state index in [1.54, 1.807) is 5.38 Å². The number of carbonyl (C=O) groups excluding carboxylic acids is 1. The molecule has 1 aromatic carbocycles. The molecule has 1 fully saturated rings. The van der Waals surface area contributed by atoms with E-state index in [0.29, 0.717) is 21.8 Å². The number of aliphatic hydroxyl groups is 1. The second-order valence-corrected chi connectivity index (χ2v) is 12.7. The Balaban J connectivity index is 1.15. The lowest BCUT2D eigenvalue weighted by Crippen LogP contribution is -2.50. The van der Waals surface area contributed by atoms with Crippen molar-refractivity contribution >= 4 is 39.7 Å². The molecule has 0 spiro atoms. The third-order valence-corrected chi connectivity index (χ3v) is 9.67. The Labute approximate surface area is 248 Å². The van der Waals surface area contributed by atoms with Gasteiger partial charge in [-0.3, -0.25) is 18.8 Å². The Kier molecular flexibility index (Phi) is 7.65. The van der Waals surface area contributed by atoms with Crippen molar-refractivity contribution in [2.45, 2.75) is 63.6 Å². The molecule has 0 saturated carbocycles. The zero-order chi connectivity index (χ0) is 29.8. The molecule has 8 nitrogen and oxygen atoms in total. The van der Waals surface area contributed by atoms with Crippen LogP contribution in [-0.4, -0.2) is 60.4 Å². The number of piperidine rings is 1. The topological polar surface area (TPSA) is 93.2 Å². The van der Waals surface area contributed by atoms with Crippen molar-refractivity contribution in [3.8, 4) is 10.4 Å². The van der Waals surface area contributed by atoms with Crippen LogP contribution in [0.5, 0.6) is 0 Å². The number of thiophene rings is 1. The molecule has 2 unspecified atom stereocenters. The van der Waals surface area contributed by atoms with Gasteiger partial charge in [-0.15, -0.1) is 16.4 Å². The molecule has 6 rings (SSSR count). The first-order valence-corrected chi connectivity index (χ1v) is 15.0. The van der Waals surface area contributed by atoms with Gasteiger partial charge in [-0.1, -0.05) is 18.5 Å². The van der Waals surface area contributed by atoms with E-state index in [2.05, 4.69) is 23.1 Å². The highest BCUT2D eigenvalue weighted by Crippen LogP contribution is 2.40. The van der Waals surface area contributed by atoms with Crippen molar-refractivity contribution in [1.82, 2.24) is 24.2 Å². The average molecular weight is 620 g/mol. The Morgan fingerprint density at radius 3 is 2.62 bits per heavy atom. The number of benzene rings is 1. The van der Waals surface area contributed by atoms with Gasteiger partial charge >= 0.3 is 0 Å². The molecule has 1 amide bonds. The minimum atomic E-state index is -2.91. The Morgan fingerprint density at radius 1 is 1.24 bits per heavy atom. The van der Waals surface area contributed by atoms with E-state index in [0.717, 1.165) is 40.2 Å². The summed E-state index contributed by atoms with van der Waals surface area (Å²) in [6, 6.07) is 3.48. The standard InChI is InChI=1S/C29H29ClF3N5O3S/c1-16-8-17-10-19(21(30)11-18(17)9-16)26-25-20(13-42-26)28(40)37(15-34-25)14-29(41)3-6-36(7-4-29)24(39)12-22(27(32)33)38-5-2-23(31)35-38/h2,5,10-11,13,15-16,22,27,41H,3-4,6-9,12,14H2,1H3. The molecule has 1 aliphatic heterocycles. The van der Waals surface area contributed by atoms with Crippen molar-refractivity contribution in [2.75, 3.05) is 13.1 Å². The summed E-state index contributed by atoms with van der Waals surface area (Å²) < 4.78 is 42.5. The number of halogens is 4. The molecule has 0 bridgehead atoms. The van der Waals surface area contributed by atoms with Crippen LogP contribution in [0.3, 0.4) is 0 Å². The van der Waals surface area contributed by atoms with Crippen LogP contribution in [0.2, 0.25) is 5.02 Å². The zero-order valence-corrected chi connectivity index (χ0v) is 24.3. The molecule has 1 N–H and O–H groups in total. The monoisotopic (exact) mass is 619 g/mol. The second kappa shape index (κ2) is 11.1. The van der Waals surface area contributed by atoms with Gasteiger partial charge in [0.15, 0.2) is 0 Å². The third kappa shape index (κ3) is 5.47. The summed E-state index contributed by atoms with van der Waals surface area (Å²) in [5, 5.41) is 17.5. The van der Waals surface area contributed by atoms with E-state index in [1.807, 2.05) is 6.07 Å². The lowest BCUT2D eigenvalue weighted by molar-refractivity contribution is -0.138. The fraction of sp³-hybridized carbons (Fsp3) is 0.448. The molecule has 1 aliphatic carbocycles. The van der Waals surface area contributed by atoms with Gasteiger partial charge in [-0.2, -0.15) is 4.39 Å². The second-order valence-electron chi connectivity index (χ2n) is 11.4. The average Bonchev–Trinajstić information content (AvgIpc) is 3.66. The van der Waals surface area contributed by atoms with Crippen LogP contribution in [0.15, 0.2) is 40.9 Å². The Hall–Kier alpha value is -3.22. The Morgan fingerprint density at radius 2 is 1.95 bits per heavy atom. The molecule has 2 aliphatic rings. The predicted molar refractivity (Wildman–Crippen MR) is 154 cm³/mol. The number of aromatic nitrogens is 4. The normalized spacial score (nSPS) is 19.0. The van der Waals surface area contributed by atoms with Crippen molar-refractivity contribution in [2.24, 2.45) is 5.92 Å². The summed E-state index contributed by atoms with van der Waals surface area (Å²) in [6.07, 6.45) is 1.33. The summed E-state index contributed by atoms with van der Waals surface area (Å²) in [5.74, 6) is -0.876. The number of alkyl halides is 2. The van der Waals surface area contributed by atoms with E-state index in [1.165, 1.54) is 38.3 Å². The van der Waals surface area contributed by atoms with Crippen LogP contribution in [0, 0.1) is 11.9 Å². The molecule has 13 heteroatoms. The van der Waals surface area contributed by atoms with Crippen LogP contribution < -0.4 is 5.56 Å². The first-order valence-electron chi connectivity index (χ1n) is 13.8.